The Labute approximate surface area is 139 Å². The fourth-order valence-electron chi connectivity index (χ4n) is 2.24. The minimum atomic E-state index is -0.456. The molecule has 0 aliphatic rings. The third-order valence-electron chi connectivity index (χ3n) is 3.50. The van der Waals surface area contributed by atoms with Crippen LogP contribution in [0.5, 0.6) is 0 Å². The summed E-state index contributed by atoms with van der Waals surface area (Å²) < 4.78 is 0. The Morgan fingerprint density at radius 1 is 1.09 bits per heavy atom. The van der Waals surface area contributed by atoms with Crippen LogP contribution in [-0.4, -0.2) is 11.8 Å². The maximum absolute atomic E-state index is 12.3. The fourth-order valence-corrected chi connectivity index (χ4v) is 2.37. The molecule has 0 radical (unpaired) electrons. The molecule has 0 aromatic heterocycles. The number of carbonyl (C=O) groups excluding carboxylic acids is 2. The molecule has 0 saturated carbocycles. The predicted molar refractivity (Wildman–Crippen MR) is 90.9 cm³/mol. The Bertz CT molecular complexity index is 701. The quantitative estimate of drug-likeness (QED) is 0.595. The van der Waals surface area contributed by atoms with Crippen LogP contribution in [0, 0.1) is 0 Å². The highest BCUT2D eigenvalue weighted by Gasteiger charge is 2.19. The van der Waals surface area contributed by atoms with E-state index < -0.39 is 5.91 Å². The van der Waals surface area contributed by atoms with Crippen LogP contribution in [0.1, 0.15) is 35.2 Å². The van der Waals surface area contributed by atoms with E-state index in [4.69, 9.17) is 17.3 Å². The van der Waals surface area contributed by atoms with Crippen molar-refractivity contribution < 1.29 is 9.59 Å². The van der Waals surface area contributed by atoms with E-state index in [1.54, 1.807) is 48.5 Å². The first-order valence-electron chi connectivity index (χ1n) is 7.23. The fraction of sp³-hybridized carbons (Fsp3) is 0.176. The normalized spacial score (nSPS) is 11.6. The molecule has 5 nitrogen and oxygen atoms in total. The number of nitrogens with two attached hydrogens (primary N) is 1. The molecule has 120 valence electrons. The summed E-state index contributed by atoms with van der Waals surface area (Å²) in [6, 6.07) is 13.7. The summed E-state index contributed by atoms with van der Waals surface area (Å²) in [4.78, 5) is 24.3. The van der Waals surface area contributed by atoms with E-state index in [0.717, 1.165) is 5.56 Å². The zero-order valence-corrected chi connectivity index (χ0v) is 13.4. The lowest BCUT2D eigenvalue weighted by atomic mass is 9.96. The maximum atomic E-state index is 12.3. The SMILES string of the molecule is CCC(C(=O)NNC(=O)c1ccccc1N)c1ccc(Cl)cc1. The lowest BCUT2D eigenvalue weighted by molar-refractivity contribution is -0.123. The molecule has 0 aliphatic carbocycles. The second-order valence-electron chi connectivity index (χ2n) is 5.04. The highest BCUT2D eigenvalue weighted by Crippen LogP contribution is 2.21. The molecule has 0 spiro atoms. The highest BCUT2D eigenvalue weighted by atomic mass is 35.5. The first-order chi connectivity index (χ1) is 11.0. The zero-order chi connectivity index (χ0) is 16.8. The molecule has 0 saturated heterocycles. The largest absolute Gasteiger partial charge is 0.398 e. The molecule has 0 heterocycles. The van der Waals surface area contributed by atoms with Gasteiger partial charge in [-0.2, -0.15) is 0 Å². The summed E-state index contributed by atoms with van der Waals surface area (Å²) in [6.07, 6.45) is 0.594. The van der Waals surface area contributed by atoms with E-state index >= 15 is 0 Å². The summed E-state index contributed by atoms with van der Waals surface area (Å²) in [6.45, 7) is 1.90. The predicted octanol–water partition coefficient (Wildman–Crippen LogP) is 2.88. The van der Waals surface area contributed by atoms with E-state index in [1.165, 1.54) is 0 Å². The smallest absolute Gasteiger partial charge is 0.271 e. The Hall–Kier alpha value is -2.53. The van der Waals surface area contributed by atoms with E-state index in [-0.39, 0.29) is 11.8 Å². The first-order valence-corrected chi connectivity index (χ1v) is 7.61. The minimum absolute atomic E-state index is 0.294. The number of hydrogen-bond donors (Lipinski definition) is 3. The standard InChI is InChI=1S/C17H18ClN3O2/c1-2-13(11-7-9-12(18)10-8-11)16(22)20-21-17(23)14-5-3-4-6-15(14)19/h3-10,13H,2,19H2,1H3,(H,20,22)(H,21,23). The highest BCUT2D eigenvalue weighted by molar-refractivity contribution is 6.30. The monoisotopic (exact) mass is 331 g/mol. The van der Waals surface area contributed by atoms with Gasteiger partial charge in [0.15, 0.2) is 0 Å². The van der Waals surface area contributed by atoms with Gasteiger partial charge in [0.05, 0.1) is 11.5 Å². The number of halogens is 1. The number of para-hydroxylation sites is 1. The van der Waals surface area contributed by atoms with Gasteiger partial charge in [-0.15, -0.1) is 0 Å². The first kappa shape index (κ1) is 16.8. The molecule has 23 heavy (non-hydrogen) atoms. The average Bonchev–Trinajstić information content (AvgIpc) is 2.55. The third kappa shape index (κ3) is 4.23. The lowest BCUT2D eigenvalue weighted by Gasteiger charge is -2.16. The number of anilines is 1. The van der Waals surface area contributed by atoms with Crippen molar-refractivity contribution in [3.63, 3.8) is 0 Å². The molecule has 1 atom stereocenters. The van der Waals surface area contributed by atoms with Crippen LogP contribution >= 0.6 is 11.6 Å². The van der Waals surface area contributed by atoms with Gasteiger partial charge < -0.3 is 5.73 Å². The van der Waals surface area contributed by atoms with E-state index in [9.17, 15) is 9.59 Å². The molecule has 4 N–H and O–H groups in total. The van der Waals surface area contributed by atoms with E-state index in [2.05, 4.69) is 10.9 Å². The molecule has 2 aromatic carbocycles. The second-order valence-corrected chi connectivity index (χ2v) is 5.48. The van der Waals surface area contributed by atoms with Gasteiger partial charge in [0.25, 0.3) is 5.91 Å². The van der Waals surface area contributed by atoms with Crippen molar-refractivity contribution in [1.29, 1.82) is 0 Å². The van der Waals surface area contributed by atoms with Crippen LogP contribution < -0.4 is 16.6 Å². The van der Waals surface area contributed by atoms with Gasteiger partial charge in [0, 0.05) is 10.7 Å². The number of benzene rings is 2. The Balaban J connectivity index is 2.01. The molecular weight excluding hydrogens is 314 g/mol. The van der Waals surface area contributed by atoms with Gasteiger partial charge in [-0.25, -0.2) is 0 Å². The summed E-state index contributed by atoms with van der Waals surface area (Å²) in [5.74, 6) is -1.12. The van der Waals surface area contributed by atoms with Gasteiger partial charge >= 0.3 is 0 Å². The second kappa shape index (κ2) is 7.65. The van der Waals surface area contributed by atoms with Crippen molar-refractivity contribution in [3.05, 3.63) is 64.7 Å². The molecule has 0 aliphatic heterocycles. The van der Waals surface area contributed by atoms with Gasteiger partial charge in [-0.05, 0) is 36.2 Å². The third-order valence-corrected chi connectivity index (χ3v) is 3.75. The van der Waals surface area contributed by atoms with Crippen molar-refractivity contribution in [1.82, 2.24) is 10.9 Å². The van der Waals surface area contributed by atoms with E-state index in [1.807, 2.05) is 6.92 Å². The maximum Gasteiger partial charge on any atom is 0.271 e. The van der Waals surface area contributed by atoms with Gasteiger partial charge in [-0.3, -0.25) is 20.4 Å². The zero-order valence-electron chi connectivity index (χ0n) is 12.7. The number of amides is 2. The van der Waals surface area contributed by atoms with Crippen molar-refractivity contribution >= 4 is 29.1 Å². The topological polar surface area (TPSA) is 84.2 Å². The van der Waals surface area contributed by atoms with E-state index in [0.29, 0.717) is 22.7 Å². The number of hydrazine groups is 1. The molecule has 1 unspecified atom stereocenters. The number of nitrogen functional groups attached to an aromatic ring is 1. The van der Waals surface area contributed by atoms with Crippen LogP contribution in [0.25, 0.3) is 0 Å². The van der Waals surface area contributed by atoms with Crippen LogP contribution in [0.4, 0.5) is 5.69 Å². The summed E-state index contributed by atoms with van der Waals surface area (Å²) in [5.41, 5.74) is 12.1. The summed E-state index contributed by atoms with van der Waals surface area (Å²) in [5, 5.41) is 0.608. The van der Waals surface area contributed by atoms with Gasteiger partial charge in [0.2, 0.25) is 5.91 Å². The number of carbonyl (C=O) groups is 2. The average molecular weight is 332 g/mol. The lowest BCUT2D eigenvalue weighted by Crippen LogP contribution is -2.44. The van der Waals surface area contributed by atoms with Crippen LogP contribution in [-0.2, 0) is 4.79 Å². The molecular formula is C17H18ClN3O2. The minimum Gasteiger partial charge on any atom is -0.398 e. The van der Waals surface area contributed by atoms with Gasteiger partial charge in [0.1, 0.15) is 0 Å². The molecule has 2 aromatic rings. The molecule has 2 amide bonds. The van der Waals surface area contributed by atoms with Crippen LogP contribution in [0.2, 0.25) is 5.02 Å². The number of hydrogen-bond acceptors (Lipinski definition) is 3. The van der Waals surface area contributed by atoms with Crippen molar-refractivity contribution in [2.75, 3.05) is 5.73 Å². The Kier molecular flexibility index (Phi) is 5.60. The molecule has 0 bridgehead atoms. The van der Waals surface area contributed by atoms with Crippen LogP contribution in [0.15, 0.2) is 48.5 Å². The molecule has 2 rings (SSSR count). The molecule has 0 fully saturated rings. The van der Waals surface area contributed by atoms with Crippen molar-refractivity contribution in [2.24, 2.45) is 0 Å². The number of rotatable bonds is 4. The Morgan fingerprint density at radius 2 is 1.74 bits per heavy atom. The summed E-state index contributed by atoms with van der Waals surface area (Å²) in [7, 11) is 0. The summed E-state index contributed by atoms with van der Waals surface area (Å²) >= 11 is 5.86. The van der Waals surface area contributed by atoms with Crippen molar-refractivity contribution in [3.8, 4) is 0 Å². The van der Waals surface area contributed by atoms with Gasteiger partial charge in [-0.1, -0.05) is 42.8 Å². The van der Waals surface area contributed by atoms with Crippen molar-refractivity contribution in [2.45, 2.75) is 19.3 Å². The van der Waals surface area contributed by atoms with Crippen LogP contribution in [0.3, 0.4) is 0 Å². The molecule has 6 heteroatoms. The Morgan fingerprint density at radius 3 is 2.35 bits per heavy atom. The number of nitrogens with one attached hydrogen (secondary N) is 2.